The van der Waals surface area contributed by atoms with Crippen LogP contribution in [0.25, 0.3) is 0 Å². The fourth-order valence-electron chi connectivity index (χ4n) is 4.04. The van der Waals surface area contributed by atoms with Crippen molar-refractivity contribution in [2.45, 2.75) is 50.6 Å². The normalized spacial score (nSPS) is 36.2. The molecule has 1 aliphatic carbocycles. The van der Waals surface area contributed by atoms with Crippen molar-refractivity contribution < 1.29 is 14.7 Å². The number of carbonyl (C=O) groups is 2. The van der Waals surface area contributed by atoms with Gasteiger partial charge in [-0.2, -0.15) is 0 Å². The Morgan fingerprint density at radius 2 is 1.86 bits per heavy atom. The number of hydrogen-bond acceptors (Lipinski definition) is 3. The second-order valence-electron chi connectivity index (χ2n) is 6.56. The summed E-state index contributed by atoms with van der Waals surface area (Å²) in [6, 6.07) is 0.836. The molecule has 0 radical (unpaired) electrons. The Morgan fingerprint density at radius 1 is 1.10 bits per heavy atom. The highest BCUT2D eigenvalue weighted by atomic mass is 16.4. The maximum absolute atomic E-state index is 12.5. The molecule has 2 fully saturated rings. The number of carboxylic acids is 1. The van der Waals surface area contributed by atoms with E-state index < -0.39 is 17.8 Å². The molecule has 0 bridgehead atoms. The zero-order valence-corrected chi connectivity index (χ0v) is 12.3. The third-order valence-electron chi connectivity index (χ3n) is 5.25. The van der Waals surface area contributed by atoms with Crippen LogP contribution >= 0.6 is 0 Å². The van der Waals surface area contributed by atoms with E-state index in [1.54, 1.807) is 0 Å². The van der Waals surface area contributed by atoms with Gasteiger partial charge in [0.1, 0.15) is 0 Å². The van der Waals surface area contributed by atoms with E-state index in [0.717, 1.165) is 19.4 Å². The summed E-state index contributed by atoms with van der Waals surface area (Å²) in [7, 11) is 0. The second-order valence-corrected chi connectivity index (χ2v) is 6.56. The summed E-state index contributed by atoms with van der Waals surface area (Å²) < 4.78 is 0. The monoisotopic (exact) mass is 292 g/mol. The third-order valence-corrected chi connectivity index (χ3v) is 5.25. The molecule has 0 aromatic heterocycles. The topological polar surface area (TPSA) is 69.6 Å². The standard InChI is InChI=1S/C16H24N2O3/c19-15(13-5-1-2-6-14(13)16(20)21)17-11-7-9-18-8-3-4-12(18)10-11/h1-2,11-14H,3-10H2,(H,17,19)(H,20,21). The fourth-order valence-corrected chi connectivity index (χ4v) is 4.04. The first-order valence-electron chi connectivity index (χ1n) is 8.07. The molecule has 2 aliphatic heterocycles. The molecular weight excluding hydrogens is 268 g/mol. The molecule has 4 unspecified atom stereocenters. The van der Waals surface area contributed by atoms with Gasteiger partial charge in [0.25, 0.3) is 0 Å². The number of hydrogen-bond donors (Lipinski definition) is 2. The highest BCUT2D eigenvalue weighted by Crippen LogP contribution is 2.29. The Balaban J connectivity index is 1.58. The van der Waals surface area contributed by atoms with Crippen LogP contribution in [0.15, 0.2) is 12.2 Å². The first-order chi connectivity index (χ1) is 10.1. The minimum Gasteiger partial charge on any atom is -0.481 e. The van der Waals surface area contributed by atoms with Crippen molar-refractivity contribution >= 4 is 11.9 Å². The summed E-state index contributed by atoms with van der Waals surface area (Å²) in [5.41, 5.74) is 0. The van der Waals surface area contributed by atoms with E-state index in [-0.39, 0.29) is 11.9 Å². The molecule has 2 saturated heterocycles. The molecule has 116 valence electrons. The summed E-state index contributed by atoms with van der Waals surface area (Å²) in [6.45, 7) is 2.25. The van der Waals surface area contributed by atoms with Crippen LogP contribution in [0.4, 0.5) is 0 Å². The maximum atomic E-state index is 12.5. The summed E-state index contributed by atoms with van der Waals surface area (Å²) in [4.78, 5) is 26.3. The minimum atomic E-state index is -0.856. The van der Waals surface area contributed by atoms with Gasteiger partial charge in [0.2, 0.25) is 5.91 Å². The third kappa shape index (κ3) is 3.12. The molecule has 5 nitrogen and oxygen atoms in total. The van der Waals surface area contributed by atoms with Crippen molar-refractivity contribution in [3.63, 3.8) is 0 Å². The number of aliphatic carboxylic acids is 1. The highest BCUT2D eigenvalue weighted by Gasteiger charge is 2.37. The Hall–Kier alpha value is -1.36. The Morgan fingerprint density at radius 3 is 2.62 bits per heavy atom. The van der Waals surface area contributed by atoms with Crippen LogP contribution in [-0.2, 0) is 9.59 Å². The summed E-state index contributed by atoms with van der Waals surface area (Å²) in [5.74, 6) is -1.90. The zero-order valence-electron chi connectivity index (χ0n) is 12.3. The lowest BCUT2D eigenvalue weighted by molar-refractivity contribution is -0.147. The summed E-state index contributed by atoms with van der Waals surface area (Å²) >= 11 is 0. The van der Waals surface area contributed by atoms with Crippen molar-refractivity contribution in [1.29, 1.82) is 0 Å². The number of piperidine rings is 1. The largest absolute Gasteiger partial charge is 0.481 e. The lowest BCUT2D eigenvalue weighted by Gasteiger charge is -2.36. The number of rotatable bonds is 3. The number of carbonyl (C=O) groups excluding carboxylic acids is 1. The van der Waals surface area contributed by atoms with Crippen LogP contribution < -0.4 is 5.32 Å². The lowest BCUT2D eigenvalue weighted by Crippen LogP contribution is -2.50. The second kappa shape index (κ2) is 6.18. The molecule has 0 aromatic rings. The van der Waals surface area contributed by atoms with Crippen molar-refractivity contribution in [3.05, 3.63) is 12.2 Å². The van der Waals surface area contributed by atoms with E-state index in [9.17, 15) is 14.7 Å². The molecule has 0 saturated carbocycles. The number of nitrogens with one attached hydrogen (secondary N) is 1. The van der Waals surface area contributed by atoms with E-state index >= 15 is 0 Å². The van der Waals surface area contributed by atoms with Crippen molar-refractivity contribution in [1.82, 2.24) is 10.2 Å². The fraction of sp³-hybridized carbons (Fsp3) is 0.750. The molecule has 1 amide bonds. The van der Waals surface area contributed by atoms with Crippen LogP contribution in [0.2, 0.25) is 0 Å². The molecule has 3 aliphatic rings. The van der Waals surface area contributed by atoms with Crippen LogP contribution in [0.1, 0.15) is 38.5 Å². The van der Waals surface area contributed by atoms with Crippen molar-refractivity contribution in [3.8, 4) is 0 Å². The van der Waals surface area contributed by atoms with E-state index in [1.807, 2.05) is 12.2 Å². The number of amides is 1. The van der Waals surface area contributed by atoms with Crippen LogP contribution in [0.5, 0.6) is 0 Å². The summed E-state index contributed by atoms with van der Waals surface area (Å²) in [5, 5.41) is 12.4. The average molecular weight is 292 g/mol. The molecule has 5 heteroatoms. The zero-order chi connectivity index (χ0) is 14.8. The Kier molecular flexibility index (Phi) is 4.29. The summed E-state index contributed by atoms with van der Waals surface area (Å²) in [6.07, 6.45) is 9.33. The quantitative estimate of drug-likeness (QED) is 0.771. The van der Waals surface area contributed by atoms with Gasteiger partial charge in [-0.25, -0.2) is 0 Å². The molecule has 21 heavy (non-hydrogen) atoms. The molecule has 3 rings (SSSR count). The van der Waals surface area contributed by atoms with Crippen molar-refractivity contribution in [2.24, 2.45) is 11.8 Å². The number of allylic oxidation sites excluding steroid dienone is 2. The minimum absolute atomic E-state index is 0.0665. The molecule has 2 N–H and O–H groups in total. The molecule has 2 heterocycles. The van der Waals surface area contributed by atoms with Gasteiger partial charge in [-0.05, 0) is 45.1 Å². The van der Waals surface area contributed by atoms with Gasteiger partial charge < -0.3 is 15.3 Å². The maximum Gasteiger partial charge on any atom is 0.307 e. The van der Waals surface area contributed by atoms with E-state index in [2.05, 4.69) is 10.2 Å². The molecule has 0 spiro atoms. The average Bonchev–Trinajstić information content (AvgIpc) is 2.94. The van der Waals surface area contributed by atoms with Gasteiger partial charge in [0, 0.05) is 18.6 Å². The Labute approximate surface area is 125 Å². The molecular formula is C16H24N2O3. The first kappa shape index (κ1) is 14.6. The predicted octanol–water partition coefficient (Wildman–Crippen LogP) is 1.40. The molecule has 0 aromatic carbocycles. The first-order valence-corrected chi connectivity index (χ1v) is 8.07. The number of carboxylic acid groups (broad SMARTS) is 1. The van der Waals surface area contributed by atoms with Gasteiger partial charge in [-0.3, -0.25) is 9.59 Å². The van der Waals surface area contributed by atoms with Gasteiger partial charge >= 0.3 is 5.97 Å². The van der Waals surface area contributed by atoms with Crippen LogP contribution in [0, 0.1) is 11.8 Å². The van der Waals surface area contributed by atoms with Crippen LogP contribution in [0.3, 0.4) is 0 Å². The van der Waals surface area contributed by atoms with E-state index in [0.29, 0.717) is 18.9 Å². The van der Waals surface area contributed by atoms with Crippen molar-refractivity contribution in [2.75, 3.05) is 13.1 Å². The number of fused-ring (bicyclic) bond motifs is 1. The van der Waals surface area contributed by atoms with Gasteiger partial charge in [-0.15, -0.1) is 0 Å². The van der Waals surface area contributed by atoms with Gasteiger partial charge in [0.05, 0.1) is 11.8 Å². The molecule has 4 atom stereocenters. The Bertz CT molecular complexity index is 449. The number of nitrogens with zero attached hydrogens (tertiary/aromatic N) is 1. The predicted molar refractivity (Wildman–Crippen MR) is 78.7 cm³/mol. The van der Waals surface area contributed by atoms with E-state index in [4.69, 9.17) is 0 Å². The van der Waals surface area contributed by atoms with Crippen LogP contribution in [-0.4, -0.2) is 47.1 Å². The van der Waals surface area contributed by atoms with E-state index in [1.165, 1.54) is 19.4 Å². The lowest BCUT2D eigenvalue weighted by atomic mass is 9.82. The SMILES string of the molecule is O=C(O)C1CC=CCC1C(=O)NC1CCN2CCCC2C1. The van der Waals surface area contributed by atoms with Gasteiger partial charge in [-0.1, -0.05) is 12.2 Å². The van der Waals surface area contributed by atoms with Gasteiger partial charge in [0.15, 0.2) is 0 Å². The highest BCUT2D eigenvalue weighted by molar-refractivity contribution is 5.85. The smallest absolute Gasteiger partial charge is 0.307 e.